The Hall–Kier alpha value is -3.31. The third-order valence-electron chi connectivity index (χ3n) is 5.42. The second kappa shape index (κ2) is 9.67. The Morgan fingerprint density at radius 1 is 0.939 bits per heavy atom. The summed E-state index contributed by atoms with van der Waals surface area (Å²) in [5.41, 5.74) is 2.96. The molecule has 3 aromatic rings. The standard InChI is InChI=1S/C28H28N2O2S/c1-28(2,3)21-9-5-6-10-22(18-15-21)32-23-16-13-20(14-17-23)26-24-11-7-8-12-25(24)27(31)30(29-26)19-33-4/h5-18H,19H2,1-4H3/b6-5-,9-5?,10-6?,18-15-,21-9+,21-15?,22-10+,22-18?. The van der Waals surface area contributed by atoms with Crippen molar-refractivity contribution in [3.8, 4) is 17.0 Å². The second-order valence-corrected chi connectivity index (χ2v) is 9.74. The van der Waals surface area contributed by atoms with E-state index in [0.29, 0.717) is 11.3 Å². The summed E-state index contributed by atoms with van der Waals surface area (Å²) in [5.74, 6) is 2.02. The number of fused-ring (bicyclic) bond motifs is 1. The van der Waals surface area contributed by atoms with Crippen molar-refractivity contribution in [1.29, 1.82) is 0 Å². The number of thioether (sulfide) groups is 1. The van der Waals surface area contributed by atoms with Crippen molar-refractivity contribution >= 4 is 22.5 Å². The van der Waals surface area contributed by atoms with Gasteiger partial charge in [-0.3, -0.25) is 4.79 Å². The molecule has 0 spiro atoms. The number of benzene rings is 2. The fourth-order valence-electron chi connectivity index (χ4n) is 3.64. The normalized spacial score (nSPS) is 19.0. The monoisotopic (exact) mass is 456 g/mol. The van der Waals surface area contributed by atoms with E-state index in [9.17, 15) is 4.79 Å². The highest BCUT2D eigenvalue weighted by Gasteiger charge is 2.15. The molecule has 2 aromatic carbocycles. The van der Waals surface area contributed by atoms with Gasteiger partial charge in [-0.2, -0.15) is 5.10 Å². The van der Waals surface area contributed by atoms with Gasteiger partial charge in [0.05, 0.1) is 17.0 Å². The highest BCUT2D eigenvalue weighted by molar-refractivity contribution is 7.97. The topological polar surface area (TPSA) is 44.1 Å². The minimum atomic E-state index is -0.0663. The fraction of sp³-hybridized carbons (Fsp3) is 0.214. The van der Waals surface area contributed by atoms with Gasteiger partial charge in [0, 0.05) is 10.9 Å². The van der Waals surface area contributed by atoms with E-state index in [1.54, 1.807) is 11.8 Å². The molecule has 33 heavy (non-hydrogen) atoms. The van der Waals surface area contributed by atoms with Crippen LogP contribution in [0.3, 0.4) is 0 Å². The molecule has 0 radical (unpaired) electrons. The van der Waals surface area contributed by atoms with Gasteiger partial charge in [-0.05, 0) is 59.7 Å². The number of rotatable bonds is 5. The Bertz CT molecular complexity index is 1340. The summed E-state index contributed by atoms with van der Waals surface area (Å²) in [7, 11) is 0. The van der Waals surface area contributed by atoms with E-state index in [1.807, 2.05) is 79.1 Å². The quantitative estimate of drug-likeness (QED) is 0.426. The minimum Gasteiger partial charge on any atom is -0.457 e. The number of nitrogens with zero attached hydrogens (tertiary/aromatic N) is 2. The van der Waals surface area contributed by atoms with Crippen molar-refractivity contribution in [2.24, 2.45) is 5.41 Å². The van der Waals surface area contributed by atoms with Gasteiger partial charge in [0.1, 0.15) is 11.5 Å². The van der Waals surface area contributed by atoms with Crippen molar-refractivity contribution in [1.82, 2.24) is 9.78 Å². The van der Waals surface area contributed by atoms with Crippen molar-refractivity contribution < 1.29 is 4.74 Å². The molecular weight excluding hydrogens is 428 g/mol. The van der Waals surface area contributed by atoms with E-state index in [0.717, 1.165) is 28.2 Å². The molecule has 0 saturated heterocycles. The first-order valence-corrected chi connectivity index (χ1v) is 12.3. The van der Waals surface area contributed by atoms with Crippen molar-refractivity contribution in [2.75, 3.05) is 6.26 Å². The molecule has 1 aliphatic carbocycles. The Balaban J connectivity index is 1.63. The minimum absolute atomic E-state index is 0.0630. The molecule has 0 fully saturated rings. The van der Waals surface area contributed by atoms with Crippen LogP contribution in [0.4, 0.5) is 0 Å². The molecule has 168 valence electrons. The maximum atomic E-state index is 12.8. The highest BCUT2D eigenvalue weighted by atomic mass is 32.2. The molecule has 0 amide bonds. The summed E-state index contributed by atoms with van der Waals surface area (Å²) in [5, 5.41) is 6.19. The average molecular weight is 457 g/mol. The lowest BCUT2D eigenvalue weighted by Gasteiger charge is -2.20. The summed E-state index contributed by atoms with van der Waals surface area (Å²) >= 11 is 1.57. The molecule has 1 aromatic heterocycles. The number of hydrogen-bond acceptors (Lipinski definition) is 4. The first-order valence-electron chi connectivity index (χ1n) is 10.9. The van der Waals surface area contributed by atoms with E-state index in [-0.39, 0.29) is 11.0 Å². The van der Waals surface area contributed by atoms with Crippen LogP contribution in [-0.2, 0) is 5.88 Å². The largest absolute Gasteiger partial charge is 0.457 e. The lowest BCUT2D eigenvalue weighted by atomic mass is 9.85. The fourth-order valence-corrected chi connectivity index (χ4v) is 4.06. The Morgan fingerprint density at radius 2 is 1.64 bits per heavy atom. The van der Waals surface area contributed by atoms with Crippen LogP contribution in [-0.4, -0.2) is 16.0 Å². The van der Waals surface area contributed by atoms with Gasteiger partial charge in [0.25, 0.3) is 5.56 Å². The summed E-state index contributed by atoms with van der Waals surface area (Å²) in [6.45, 7) is 6.59. The van der Waals surface area contributed by atoms with Gasteiger partial charge in [0.15, 0.2) is 0 Å². The third-order valence-corrected chi connectivity index (χ3v) is 5.93. The zero-order chi connectivity index (χ0) is 23.4. The van der Waals surface area contributed by atoms with Crippen LogP contribution in [0.2, 0.25) is 0 Å². The zero-order valence-corrected chi connectivity index (χ0v) is 20.2. The lowest BCUT2D eigenvalue weighted by molar-refractivity contribution is 0.444. The van der Waals surface area contributed by atoms with E-state index in [1.165, 1.54) is 10.3 Å². The molecule has 0 bridgehead atoms. The van der Waals surface area contributed by atoms with Crippen molar-refractivity contribution in [2.45, 2.75) is 26.6 Å². The van der Waals surface area contributed by atoms with Gasteiger partial charge in [-0.1, -0.05) is 63.3 Å². The molecule has 4 nitrogen and oxygen atoms in total. The maximum absolute atomic E-state index is 12.8. The maximum Gasteiger partial charge on any atom is 0.275 e. The van der Waals surface area contributed by atoms with Crippen LogP contribution in [0.15, 0.2) is 101 Å². The molecular formula is C28H28N2O2S. The number of ether oxygens (including phenoxy) is 1. The molecule has 5 heteroatoms. The van der Waals surface area contributed by atoms with Crippen LogP contribution in [0.1, 0.15) is 20.8 Å². The van der Waals surface area contributed by atoms with Crippen LogP contribution >= 0.6 is 11.8 Å². The van der Waals surface area contributed by atoms with Gasteiger partial charge >= 0.3 is 0 Å². The Morgan fingerprint density at radius 3 is 2.33 bits per heavy atom. The highest BCUT2D eigenvalue weighted by Crippen LogP contribution is 2.29. The smallest absolute Gasteiger partial charge is 0.275 e. The summed E-state index contributed by atoms with van der Waals surface area (Å²) in [6, 6.07) is 15.5. The number of hydrogen-bond donors (Lipinski definition) is 0. The van der Waals surface area contributed by atoms with Gasteiger partial charge < -0.3 is 4.74 Å². The Kier molecular flexibility index (Phi) is 6.70. The second-order valence-electron chi connectivity index (χ2n) is 8.90. The SMILES string of the molecule is CSCn1nc(-c2ccc(OC3=C/C=C\C=C(C(C)(C)C)/C=C\3)cc2)c2ccccc2c1=O. The summed E-state index contributed by atoms with van der Waals surface area (Å²) in [6.07, 6.45) is 14.2. The van der Waals surface area contributed by atoms with Crippen LogP contribution in [0.25, 0.3) is 22.0 Å². The van der Waals surface area contributed by atoms with Crippen molar-refractivity contribution in [3.63, 3.8) is 0 Å². The van der Waals surface area contributed by atoms with Gasteiger partial charge in [-0.15, -0.1) is 11.8 Å². The summed E-state index contributed by atoms with van der Waals surface area (Å²) in [4.78, 5) is 12.8. The lowest BCUT2D eigenvalue weighted by Crippen LogP contribution is -2.22. The molecule has 0 aliphatic heterocycles. The van der Waals surface area contributed by atoms with Crippen molar-refractivity contribution in [3.05, 3.63) is 107 Å². The first-order chi connectivity index (χ1) is 15.9. The van der Waals surface area contributed by atoms with Crippen LogP contribution < -0.4 is 10.3 Å². The van der Waals surface area contributed by atoms with E-state index in [4.69, 9.17) is 4.74 Å². The predicted octanol–water partition coefficient (Wildman–Crippen LogP) is 6.75. The van der Waals surface area contributed by atoms with Crippen LogP contribution in [0.5, 0.6) is 5.75 Å². The first kappa shape index (κ1) is 22.9. The molecule has 0 saturated carbocycles. The number of allylic oxidation sites excluding steroid dienone is 7. The molecule has 1 aliphatic rings. The van der Waals surface area contributed by atoms with E-state index < -0.39 is 0 Å². The Labute approximate surface area is 199 Å². The third kappa shape index (κ3) is 5.20. The predicted molar refractivity (Wildman–Crippen MR) is 139 cm³/mol. The molecule has 0 N–H and O–H groups in total. The number of aromatic nitrogens is 2. The molecule has 0 unspecified atom stereocenters. The van der Waals surface area contributed by atoms with Crippen LogP contribution in [0, 0.1) is 5.41 Å². The molecule has 4 rings (SSSR count). The van der Waals surface area contributed by atoms with E-state index >= 15 is 0 Å². The van der Waals surface area contributed by atoms with Gasteiger partial charge in [0.2, 0.25) is 0 Å². The zero-order valence-electron chi connectivity index (χ0n) is 19.4. The van der Waals surface area contributed by atoms with E-state index in [2.05, 4.69) is 38.0 Å². The average Bonchev–Trinajstić information content (AvgIpc) is 2.77. The summed E-state index contributed by atoms with van der Waals surface area (Å²) < 4.78 is 7.66. The molecule has 1 heterocycles. The molecule has 0 atom stereocenters. The van der Waals surface area contributed by atoms with Gasteiger partial charge in [-0.25, -0.2) is 4.68 Å².